The summed E-state index contributed by atoms with van der Waals surface area (Å²) in [4.78, 5) is 44.6. The van der Waals surface area contributed by atoms with Crippen LogP contribution < -0.4 is 10.1 Å². The van der Waals surface area contributed by atoms with Gasteiger partial charge in [0.1, 0.15) is 17.8 Å². The van der Waals surface area contributed by atoms with Gasteiger partial charge in [-0.25, -0.2) is 13.2 Å². The van der Waals surface area contributed by atoms with Gasteiger partial charge in [-0.1, -0.05) is 30.7 Å². The lowest BCUT2D eigenvalue weighted by molar-refractivity contribution is -0.138. The lowest BCUT2D eigenvalue weighted by Crippen LogP contribution is -2.53. The number of likely N-dealkylation sites (tertiary alicyclic amines) is 1. The number of Topliss-reactive ketones (excluding diaryl/α,β-unsaturated/α-hetero) is 1. The fourth-order valence-corrected chi connectivity index (χ4v) is 8.55. The van der Waals surface area contributed by atoms with Crippen LogP contribution in [0.25, 0.3) is 9.40 Å². The van der Waals surface area contributed by atoms with Crippen molar-refractivity contribution in [3.05, 3.63) is 47.6 Å². The molecule has 0 saturated carbocycles. The highest BCUT2D eigenvalue weighted by Crippen LogP contribution is 2.35. The Balaban J connectivity index is 1.27. The van der Waals surface area contributed by atoms with Crippen LogP contribution in [-0.4, -0.2) is 71.6 Å². The minimum absolute atomic E-state index is 0.230. The van der Waals surface area contributed by atoms with Gasteiger partial charge in [-0.3, -0.25) is 14.6 Å². The maximum Gasteiger partial charge on any atom is 0.414 e. The zero-order valence-corrected chi connectivity index (χ0v) is 22.5. The van der Waals surface area contributed by atoms with E-state index < -0.39 is 40.1 Å². The van der Waals surface area contributed by atoms with Gasteiger partial charge >= 0.3 is 6.09 Å². The molecule has 3 atom stereocenters. The number of hydrogen-bond donors (Lipinski definition) is 1. The highest BCUT2D eigenvalue weighted by atomic mass is 32.2. The summed E-state index contributed by atoms with van der Waals surface area (Å²) in [5.41, 5.74) is 0.389. The van der Waals surface area contributed by atoms with Crippen LogP contribution in [0.5, 0.6) is 5.06 Å². The first-order valence-corrected chi connectivity index (χ1v) is 15.3. The van der Waals surface area contributed by atoms with Crippen molar-refractivity contribution in [1.29, 1.82) is 0 Å². The third-order valence-electron chi connectivity index (χ3n) is 6.55. The molecule has 37 heavy (non-hydrogen) atoms. The Bertz CT molecular complexity index is 1390. The van der Waals surface area contributed by atoms with Crippen LogP contribution in [0, 0.1) is 0 Å². The zero-order valence-electron chi connectivity index (χ0n) is 20.0. The Hall–Kier alpha value is -2.87. The third-order valence-corrected chi connectivity index (χ3v) is 10.3. The minimum Gasteiger partial charge on any atom is -0.399 e. The molecule has 3 aromatic heterocycles. The smallest absolute Gasteiger partial charge is 0.399 e. The molecule has 13 heteroatoms. The Morgan fingerprint density at radius 1 is 1.27 bits per heavy atom. The molecule has 5 heterocycles. The molecule has 0 bridgehead atoms. The maximum atomic E-state index is 13.5. The molecule has 0 aromatic carbocycles. The van der Waals surface area contributed by atoms with Gasteiger partial charge < -0.3 is 15.0 Å². The van der Waals surface area contributed by atoms with E-state index in [1.165, 1.54) is 26.7 Å². The fourth-order valence-electron chi connectivity index (χ4n) is 4.94. The second-order valence-corrected chi connectivity index (χ2v) is 12.9. The van der Waals surface area contributed by atoms with Gasteiger partial charge in [0.05, 0.1) is 18.3 Å². The number of ketones is 1. The Labute approximate surface area is 222 Å². The molecule has 5 rings (SSSR count). The first-order chi connectivity index (χ1) is 17.8. The molecule has 2 aliphatic rings. The van der Waals surface area contributed by atoms with Crippen LogP contribution >= 0.6 is 22.7 Å². The number of rotatable bonds is 8. The molecule has 2 saturated heterocycles. The average molecular weight is 563 g/mol. The standard InChI is InChI=1S/C24H26N4O6S3/c1-2-5-16(26-24(31)34-21-12-20-19(36-21)8-11-35-20)23(30)27-10-7-17-22(27)18(29)13-28(17)37(32,33)14-15-6-3-4-9-25-15/h3-4,6,8-9,11-12,16-17,22H,2,5,7,10,13-14H2,1H3,(H,26,31). The van der Waals surface area contributed by atoms with E-state index in [1.807, 2.05) is 18.4 Å². The molecule has 10 nitrogen and oxygen atoms in total. The molecule has 196 valence electrons. The van der Waals surface area contributed by atoms with E-state index in [0.29, 0.717) is 30.0 Å². The molecule has 3 unspecified atom stereocenters. The lowest BCUT2D eigenvalue weighted by Gasteiger charge is -2.28. The molecule has 2 aliphatic heterocycles. The van der Waals surface area contributed by atoms with Gasteiger partial charge in [-0.2, -0.15) is 4.31 Å². The predicted molar refractivity (Wildman–Crippen MR) is 140 cm³/mol. The van der Waals surface area contributed by atoms with Gasteiger partial charge in [0, 0.05) is 28.2 Å². The number of nitrogens with zero attached hydrogens (tertiary/aromatic N) is 3. The average Bonchev–Trinajstić information content (AvgIpc) is 3.61. The number of thiophene rings is 2. The highest BCUT2D eigenvalue weighted by molar-refractivity contribution is 7.88. The van der Waals surface area contributed by atoms with Crippen molar-refractivity contribution in [2.45, 2.75) is 50.1 Å². The summed E-state index contributed by atoms with van der Waals surface area (Å²) in [6.07, 6.45) is 2.10. The van der Waals surface area contributed by atoms with Crippen molar-refractivity contribution in [3.63, 3.8) is 0 Å². The van der Waals surface area contributed by atoms with Crippen molar-refractivity contribution in [3.8, 4) is 5.06 Å². The maximum absolute atomic E-state index is 13.5. The summed E-state index contributed by atoms with van der Waals surface area (Å²) in [5, 5.41) is 5.05. The summed E-state index contributed by atoms with van der Waals surface area (Å²) in [5.74, 6) is -1.04. The largest absolute Gasteiger partial charge is 0.414 e. The first-order valence-electron chi connectivity index (χ1n) is 11.9. The summed E-state index contributed by atoms with van der Waals surface area (Å²) >= 11 is 2.89. The SMILES string of the molecule is CCCC(NC(=O)Oc1cc2sccc2s1)C(=O)N1CCC2C1C(=O)CN2S(=O)(=O)Cc1ccccn1. The molecule has 3 aromatic rings. The number of nitrogens with one attached hydrogen (secondary N) is 1. The van der Waals surface area contributed by atoms with E-state index in [1.54, 1.807) is 35.6 Å². The van der Waals surface area contributed by atoms with Crippen LogP contribution in [-0.2, 0) is 25.4 Å². The van der Waals surface area contributed by atoms with Crippen LogP contribution in [0.4, 0.5) is 4.79 Å². The highest BCUT2D eigenvalue weighted by Gasteiger charge is 2.54. The molecule has 1 N–H and O–H groups in total. The normalized spacial score (nSPS) is 20.8. The van der Waals surface area contributed by atoms with E-state index in [4.69, 9.17) is 4.74 Å². The first kappa shape index (κ1) is 25.8. The van der Waals surface area contributed by atoms with Crippen LogP contribution in [0.15, 0.2) is 41.9 Å². The number of amides is 2. The number of carbonyl (C=O) groups is 3. The second kappa shape index (κ2) is 10.5. The monoisotopic (exact) mass is 562 g/mol. The Morgan fingerprint density at radius 2 is 2.11 bits per heavy atom. The quantitative estimate of drug-likeness (QED) is 0.447. The zero-order chi connectivity index (χ0) is 26.2. The summed E-state index contributed by atoms with van der Waals surface area (Å²) < 4.78 is 34.9. The number of aromatic nitrogens is 1. The van der Waals surface area contributed by atoms with E-state index in [-0.39, 0.29) is 24.6 Å². The van der Waals surface area contributed by atoms with Crippen molar-refractivity contribution in [1.82, 2.24) is 19.5 Å². The number of pyridine rings is 1. The molecular formula is C24H26N4O6S3. The molecule has 2 fully saturated rings. The summed E-state index contributed by atoms with van der Waals surface area (Å²) in [6, 6.07) is 6.38. The van der Waals surface area contributed by atoms with Crippen LogP contribution in [0.3, 0.4) is 0 Å². The fraction of sp³-hybridized carbons (Fsp3) is 0.417. The Morgan fingerprint density at radius 3 is 2.84 bits per heavy atom. The van der Waals surface area contributed by atoms with E-state index in [0.717, 1.165) is 9.40 Å². The lowest BCUT2D eigenvalue weighted by atomic mass is 10.1. The summed E-state index contributed by atoms with van der Waals surface area (Å²) in [6.45, 7) is 1.84. The predicted octanol–water partition coefficient (Wildman–Crippen LogP) is 3.00. The Kier molecular flexibility index (Phi) is 7.30. The van der Waals surface area contributed by atoms with Crippen LogP contribution in [0.2, 0.25) is 0 Å². The molecule has 0 aliphatic carbocycles. The number of fused-ring (bicyclic) bond motifs is 2. The van der Waals surface area contributed by atoms with Crippen LogP contribution in [0.1, 0.15) is 31.9 Å². The number of carbonyl (C=O) groups excluding carboxylic acids is 3. The second-order valence-electron chi connectivity index (χ2n) is 9.01. The van der Waals surface area contributed by atoms with E-state index >= 15 is 0 Å². The van der Waals surface area contributed by atoms with E-state index in [2.05, 4.69) is 10.3 Å². The van der Waals surface area contributed by atoms with Gasteiger partial charge in [0.15, 0.2) is 10.8 Å². The third kappa shape index (κ3) is 5.26. The van der Waals surface area contributed by atoms with Crippen molar-refractivity contribution in [2.24, 2.45) is 0 Å². The van der Waals surface area contributed by atoms with Crippen molar-refractivity contribution < 1.29 is 27.5 Å². The van der Waals surface area contributed by atoms with Crippen molar-refractivity contribution >= 4 is 59.9 Å². The summed E-state index contributed by atoms with van der Waals surface area (Å²) in [7, 11) is -3.82. The molecule has 0 spiro atoms. The van der Waals surface area contributed by atoms with Gasteiger partial charge in [0.25, 0.3) is 0 Å². The molecular weight excluding hydrogens is 536 g/mol. The number of ether oxygens (including phenoxy) is 1. The number of sulfonamides is 1. The van der Waals surface area contributed by atoms with E-state index in [9.17, 15) is 22.8 Å². The topological polar surface area (TPSA) is 126 Å². The van der Waals surface area contributed by atoms with Gasteiger partial charge in [-0.05, 0) is 36.4 Å². The molecule has 2 amide bonds. The number of hydrogen-bond acceptors (Lipinski definition) is 9. The minimum atomic E-state index is -3.82. The molecule has 0 radical (unpaired) electrons. The van der Waals surface area contributed by atoms with Crippen molar-refractivity contribution in [2.75, 3.05) is 13.1 Å². The van der Waals surface area contributed by atoms with Gasteiger partial charge in [-0.15, -0.1) is 11.3 Å². The van der Waals surface area contributed by atoms with Gasteiger partial charge in [0.2, 0.25) is 15.9 Å².